The summed E-state index contributed by atoms with van der Waals surface area (Å²) >= 11 is 5.79. The third kappa shape index (κ3) is 4.01. The molecule has 0 aliphatic heterocycles. The Morgan fingerprint density at radius 3 is 2.21 bits per heavy atom. The highest BCUT2D eigenvalue weighted by atomic mass is 35.5. The van der Waals surface area contributed by atoms with Crippen LogP contribution < -0.4 is 5.32 Å². The van der Waals surface area contributed by atoms with E-state index in [2.05, 4.69) is 5.32 Å². The van der Waals surface area contributed by atoms with Crippen molar-refractivity contribution in [3.05, 3.63) is 70.2 Å². The molecule has 1 N–H and O–H groups in total. The molecule has 0 spiro atoms. The predicted octanol–water partition coefficient (Wildman–Crippen LogP) is 3.95. The highest BCUT2D eigenvalue weighted by Gasteiger charge is 2.06. The van der Waals surface area contributed by atoms with Crippen molar-refractivity contribution < 1.29 is 8.78 Å². The van der Waals surface area contributed by atoms with Gasteiger partial charge in [-0.15, -0.1) is 0 Å². The van der Waals surface area contributed by atoms with Gasteiger partial charge < -0.3 is 5.32 Å². The van der Waals surface area contributed by atoms with E-state index in [1.54, 1.807) is 0 Å². The van der Waals surface area contributed by atoms with E-state index in [1.165, 1.54) is 18.2 Å². The van der Waals surface area contributed by atoms with Gasteiger partial charge in [-0.25, -0.2) is 8.78 Å². The molecule has 0 radical (unpaired) electrons. The van der Waals surface area contributed by atoms with Crippen molar-refractivity contribution in [3.63, 3.8) is 0 Å². The zero-order valence-corrected chi connectivity index (χ0v) is 11.1. The summed E-state index contributed by atoms with van der Waals surface area (Å²) < 4.78 is 26.7. The first-order chi connectivity index (χ1) is 9.16. The van der Waals surface area contributed by atoms with Gasteiger partial charge in [-0.2, -0.15) is 0 Å². The number of hydrogen-bond donors (Lipinski definition) is 1. The van der Waals surface area contributed by atoms with E-state index in [4.69, 9.17) is 11.6 Å². The van der Waals surface area contributed by atoms with E-state index in [9.17, 15) is 8.78 Å². The van der Waals surface area contributed by atoms with Crippen LogP contribution in [0.25, 0.3) is 0 Å². The van der Waals surface area contributed by atoms with Crippen LogP contribution in [-0.2, 0) is 13.0 Å². The highest BCUT2D eigenvalue weighted by Crippen LogP contribution is 2.12. The van der Waals surface area contributed by atoms with E-state index in [-0.39, 0.29) is 12.1 Å². The topological polar surface area (TPSA) is 12.0 Å². The minimum atomic E-state index is -0.515. The zero-order valence-electron chi connectivity index (χ0n) is 10.3. The predicted molar refractivity (Wildman–Crippen MR) is 73.2 cm³/mol. The van der Waals surface area contributed by atoms with Crippen molar-refractivity contribution >= 4 is 11.6 Å². The monoisotopic (exact) mass is 281 g/mol. The SMILES string of the molecule is Fc1cccc(F)c1CNCCc1ccc(Cl)cc1. The molecule has 0 aromatic heterocycles. The first kappa shape index (κ1) is 14.0. The normalized spacial score (nSPS) is 10.7. The Bertz CT molecular complexity index is 520. The molecule has 0 atom stereocenters. The number of rotatable bonds is 5. The van der Waals surface area contributed by atoms with Crippen LogP contribution in [0.2, 0.25) is 5.02 Å². The molecule has 0 aliphatic rings. The van der Waals surface area contributed by atoms with E-state index in [0.717, 1.165) is 12.0 Å². The van der Waals surface area contributed by atoms with Crippen LogP contribution >= 0.6 is 11.6 Å². The molecule has 0 bridgehead atoms. The van der Waals surface area contributed by atoms with Crippen molar-refractivity contribution in [2.45, 2.75) is 13.0 Å². The smallest absolute Gasteiger partial charge is 0.130 e. The van der Waals surface area contributed by atoms with Crippen LogP contribution in [0.15, 0.2) is 42.5 Å². The van der Waals surface area contributed by atoms with Crippen LogP contribution in [-0.4, -0.2) is 6.54 Å². The van der Waals surface area contributed by atoms with E-state index in [1.807, 2.05) is 24.3 Å². The fourth-order valence-corrected chi connectivity index (χ4v) is 1.92. The third-order valence-electron chi connectivity index (χ3n) is 2.87. The molecule has 2 rings (SSSR count). The molecule has 19 heavy (non-hydrogen) atoms. The van der Waals surface area contributed by atoms with Crippen LogP contribution in [0.5, 0.6) is 0 Å². The zero-order chi connectivity index (χ0) is 13.7. The average Bonchev–Trinajstić information content (AvgIpc) is 2.39. The number of hydrogen-bond acceptors (Lipinski definition) is 1. The van der Waals surface area contributed by atoms with Gasteiger partial charge in [0.1, 0.15) is 11.6 Å². The van der Waals surface area contributed by atoms with Crippen LogP contribution in [0, 0.1) is 11.6 Å². The Labute approximate surface area is 116 Å². The lowest BCUT2D eigenvalue weighted by Gasteiger charge is -2.07. The molecule has 0 saturated heterocycles. The van der Waals surface area contributed by atoms with Crippen molar-refractivity contribution in [1.29, 1.82) is 0 Å². The van der Waals surface area contributed by atoms with Crippen LogP contribution in [0.1, 0.15) is 11.1 Å². The van der Waals surface area contributed by atoms with Gasteiger partial charge in [0.2, 0.25) is 0 Å². The molecule has 4 heteroatoms. The summed E-state index contributed by atoms with van der Waals surface area (Å²) in [7, 11) is 0. The van der Waals surface area contributed by atoms with Gasteiger partial charge in [0.15, 0.2) is 0 Å². The maximum Gasteiger partial charge on any atom is 0.130 e. The van der Waals surface area contributed by atoms with Crippen molar-refractivity contribution in [2.24, 2.45) is 0 Å². The Balaban J connectivity index is 1.82. The summed E-state index contributed by atoms with van der Waals surface area (Å²) in [6, 6.07) is 11.4. The molecule has 0 heterocycles. The minimum Gasteiger partial charge on any atom is -0.312 e. The lowest BCUT2D eigenvalue weighted by molar-refractivity contribution is 0.536. The van der Waals surface area contributed by atoms with Gasteiger partial charge in [-0.3, -0.25) is 0 Å². The maximum absolute atomic E-state index is 13.4. The number of benzene rings is 2. The molecule has 0 fully saturated rings. The van der Waals surface area contributed by atoms with Gasteiger partial charge in [-0.1, -0.05) is 29.8 Å². The quantitative estimate of drug-likeness (QED) is 0.818. The van der Waals surface area contributed by atoms with Crippen LogP contribution in [0.4, 0.5) is 8.78 Å². The molecule has 1 nitrogen and oxygen atoms in total. The third-order valence-corrected chi connectivity index (χ3v) is 3.12. The van der Waals surface area contributed by atoms with E-state index >= 15 is 0 Å². The number of nitrogens with one attached hydrogen (secondary N) is 1. The molecule has 100 valence electrons. The summed E-state index contributed by atoms with van der Waals surface area (Å²) in [5.41, 5.74) is 1.21. The van der Waals surface area contributed by atoms with Gasteiger partial charge in [-0.05, 0) is 42.8 Å². The number of halogens is 3. The molecule has 2 aromatic rings. The summed E-state index contributed by atoms with van der Waals surface area (Å²) in [5, 5.41) is 3.73. The van der Waals surface area contributed by atoms with Crippen LogP contribution in [0.3, 0.4) is 0 Å². The summed E-state index contributed by atoms with van der Waals surface area (Å²) in [5.74, 6) is -1.03. The summed E-state index contributed by atoms with van der Waals surface area (Å²) in [6.45, 7) is 0.835. The largest absolute Gasteiger partial charge is 0.312 e. The Morgan fingerprint density at radius 1 is 0.947 bits per heavy atom. The molecule has 2 aromatic carbocycles. The molecule has 0 saturated carbocycles. The Hall–Kier alpha value is -1.45. The van der Waals surface area contributed by atoms with Crippen molar-refractivity contribution in [3.8, 4) is 0 Å². The second-order valence-corrected chi connectivity index (χ2v) is 4.69. The minimum absolute atomic E-state index is 0.0820. The maximum atomic E-state index is 13.4. The molecular formula is C15H14ClF2N. The Kier molecular flexibility index (Phi) is 4.88. The average molecular weight is 282 g/mol. The van der Waals surface area contributed by atoms with Gasteiger partial charge in [0, 0.05) is 17.1 Å². The van der Waals surface area contributed by atoms with E-state index < -0.39 is 11.6 Å². The lowest BCUT2D eigenvalue weighted by atomic mass is 10.1. The first-order valence-electron chi connectivity index (χ1n) is 6.05. The Morgan fingerprint density at radius 2 is 1.58 bits per heavy atom. The molecule has 0 amide bonds. The fourth-order valence-electron chi connectivity index (χ4n) is 1.80. The first-order valence-corrected chi connectivity index (χ1v) is 6.42. The van der Waals surface area contributed by atoms with Gasteiger partial charge in [0.25, 0.3) is 0 Å². The molecule has 0 aliphatic carbocycles. The van der Waals surface area contributed by atoms with E-state index in [0.29, 0.717) is 11.6 Å². The van der Waals surface area contributed by atoms with Gasteiger partial charge >= 0.3 is 0 Å². The highest BCUT2D eigenvalue weighted by molar-refractivity contribution is 6.30. The fraction of sp³-hybridized carbons (Fsp3) is 0.200. The molecular weight excluding hydrogens is 268 g/mol. The second-order valence-electron chi connectivity index (χ2n) is 4.25. The second kappa shape index (κ2) is 6.64. The van der Waals surface area contributed by atoms with Gasteiger partial charge in [0.05, 0.1) is 0 Å². The molecule has 0 unspecified atom stereocenters. The lowest BCUT2D eigenvalue weighted by Crippen LogP contribution is -2.18. The van der Waals surface area contributed by atoms with Crippen molar-refractivity contribution in [1.82, 2.24) is 5.32 Å². The summed E-state index contributed by atoms with van der Waals surface area (Å²) in [6.07, 6.45) is 0.785. The standard InChI is InChI=1S/C15H14ClF2N/c16-12-6-4-11(5-7-12)8-9-19-10-13-14(17)2-1-3-15(13)18/h1-7,19H,8-10H2. The summed E-state index contributed by atoms with van der Waals surface area (Å²) in [4.78, 5) is 0. The van der Waals surface area contributed by atoms with Crippen molar-refractivity contribution in [2.75, 3.05) is 6.54 Å².